The molecule has 2 aromatic carbocycles. The molecule has 0 aliphatic rings. The van der Waals surface area contributed by atoms with E-state index in [4.69, 9.17) is 28.6 Å². The average molecular weight is 265 g/mol. The quantitative estimate of drug-likeness (QED) is 0.629. The number of rotatable bonds is 3. The lowest BCUT2D eigenvalue weighted by atomic mass is 10.2. The van der Waals surface area contributed by atoms with E-state index >= 15 is 0 Å². The summed E-state index contributed by atoms with van der Waals surface area (Å²) in [7, 11) is 0. The second-order valence-electron chi connectivity index (χ2n) is 3.45. The van der Waals surface area contributed by atoms with Gasteiger partial charge in [0.2, 0.25) is 0 Å². The molecule has 2 aromatic rings. The molecule has 0 atom stereocenters. The molecule has 0 bridgehead atoms. The van der Waals surface area contributed by atoms with E-state index in [9.17, 15) is 0 Å². The largest absolute Gasteiger partial charge is 0.302 e. The molecule has 0 spiro atoms. The Morgan fingerprint density at radius 3 is 1.41 bits per heavy atom. The van der Waals surface area contributed by atoms with Crippen molar-refractivity contribution in [2.75, 3.05) is 4.90 Å². The van der Waals surface area contributed by atoms with Gasteiger partial charge in [0, 0.05) is 21.4 Å². The molecule has 0 radical (unpaired) electrons. The van der Waals surface area contributed by atoms with E-state index in [1.54, 1.807) is 29.2 Å². The Balaban J connectivity index is 2.36. The molecular formula is C13H10Cl2N2. The molecule has 0 aliphatic heterocycles. The van der Waals surface area contributed by atoms with Crippen LogP contribution >= 0.6 is 23.2 Å². The molecule has 0 saturated heterocycles. The zero-order valence-electron chi connectivity index (χ0n) is 8.90. The van der Waals surface area contributed by atoms with E-state index in [2.05, 4.69) is 0 Å². The number of benzene rings is 2. The van der Waals surface area contributed by atoms with Crippen LogP contribution in [0.2, 0.25) is 10.0 Å². The minimum Gasteiger partial charge on any atom is -0.302 e. The smallest absolute Gasteiger partial charge is 0.0907 e. The third-order valence-corrected chi connectivity index (χ3v) is 2.84. The van der Waals surface area contributed by atoms with Gasteiger partial charge in [0.15, 0.2) is 0 Å². The first-order valence-electron chi connectivity index (χ1n) is 5.01. The van der Waals surface area contributed by atoms with E-state index < -0.39 is 0 Å². The van der Waals surface area contributed by atoms with Crippen LogP contribution in [0.4, 0.5) is 11.4 Å². The third-order valence-electron chi connectivity index (χ3n) is 2.34. The molecule has 2 nitrogen and oxygen atoms in total. The molecule has 4 heteroatoms. The Morgan fingerprint density at radius 2 is 1.12 bits per heavy atom. The van der Waals surface area contributed by atoms with Crippen molar-refractivity contribution in [2.45, 2.75) is 0 Å². The molecule has 0 aliphatic carbocycles. The van der Waals surface area contributed by atoms with Crippen LogP contribution in [0.1, 0.15) is 0 Å². The summed E-state index contributed by atoms with van der Waals surface area (Å²) in [4.78, 5) is 1.74. The zero-order valence-corrected chi connectivity index (χ0v) is 10.4. The van der Waals surface area contributed by atoms with Crippen LogP contribution in [-0.4, -0.2) is 6.34 Å². The van der Waals surface area contributed by atoms with Crippen LogP contribution in [0.25, 0.3) is 0 Å². The van der Waals surface area contributed by atoms with E-state index in [0.29, 0.717) is 10.0 Å². The van der Waals surface area contributed by atoms with Crippen molar-refractivity contribution >= 4 is 40.9 Å². The lowest BCUT2D eigenvalue weighted by Crippen LogP contribution is -2.13. The number of nitrogens with one attached hydrogen (secondary N) is 1. The Kier molecular flexibility index (Phi) is 3.67. The number of nitrogens with zero attached hydrogens (tertiary/aromatic N) is 1. The highest BCUT2D eigenvalue weighted by Crippen LogP contribution is 2.26. The molecule has 17 heavy (non-hydrogen) atoms. The minimum atomic E-state index is 0.676. The van der Waals surface area contributed by atoms with Crippen molar-refractivity contribution < 1.29 is 0 Å². The van der Waals surface area contributed by atoms with E-state index in [1.165, 1.54) is 6.34 Å². The van der Waals surface area contributed by atoms with Crippen LogP contribution in [0.15, 0.2) is 48.5 Å². The second kappa shape index (κ2) is 5.21. The number of halogens is 2. The molecule has 2 rings (SSSR count). The first-order valence-corrected chi connectivity index (χ1v) is 5.77. The molecule has 0 aromatic heterocycles. The molecular weight excluding hydrogens is 255 g/mol. The molecule has 0 unspecified atom stereocenters. The summed E-state index contributed by atoms with van der Waals surface area (Å²) < 4.78 is 0. The standard InChI is InChI=1S/C13H10Cl2N2/c14-10-1-5-12(6-2-10)17(9-16)13-7-3-11(15)4-8-13/h1-9,16H. The van der Waals surface area contributed by atoms with Crippen molar-refractivity contribution in [3.05, 3.63) is 58.6 Å². The highest BCUT2D eigenvalue weighted by Gasteiger charge is 2.05. The Morgan fingerprint density at radius 1 is 0.765 bits per heavy atom. The van der Waals surface area contributed by atoms with Crippen LogP contribution in [0.3, 0.4) is 0 Å². The summed E-state index contributed by atoms with van der Waals surface area (Å²) >= 11 is 11.7. The maximum atomic E-state index is 7.48. The van der Waals surface area contributed by atoms with Gasteiger partial charge >= 0.3 is 0 Å². The number of hydrogen-bond donors (Lipinski definition) is 1. The van der Waals surface area contributed by atoms with Crippen molar-refractivity contribution in [1.82, 2.24) is 0 Å². The van der Waals surface area contributed by atoms with Crippen molar-refractivity contribution in [3.8, 4) is 0 Å². The Bertz CT molecular complexity index is 460. The van der Waals surface area contributed by atoms with Gasteiger partial charge in [0.25, 0.3) is 0 Å². The van der Waals surface area contributed by atoms with Crippen LogP contribution in [0.5, 0.6) is 0 Å². The van der Waals surface area contributed by atoms with Crippen LogP contribution < -0.4 is 4.90 Å². The first-order chi connectivity index (χ1) is 8.20. The molecule has 1 N–H and O–H groups in total. The van der Waals surface area contributed by atoms with E-state index in [-0.39, 0.29) is 0 Å². The fourth-order valence-corrected chi connectivity index (χ4v) is 1.75. The molecule has 86 valence electrons. The Labute approximate surface area is 110 Å². The van der Waals surface area contributed by atoms with Crippen molar-refractivity contribution in [3.63, 3.8) is 0 Å². The fourth-order valence-electron chi connectivity index (χ4n) is 1.50. The molecule has 0 heterocycles. The topological polar surface area (TPSA) is 27.1 Å². The van der Waals surface area contributed by atoms with Gasteiger partial charge in [-0.05, 0) is 48.5 Å². The highest BCUT2D eigenvalue weighted by molar-refractivity contribution is 6.31. The summed E-state index contributed by atoms with van der Waals surface area (Å²) in [6, 6.07) is 14.6. The summed E-state index contributed by atoms with van der Waals surface area (Å²) in [6.45, 7) is 0. The highest BCUT2D eigenvalue weighted by atomic mass is 35.5. The normalized spacial score (nSPS) is 10.0. The van der Waals surface area contributed by atoms with Crippen LogP contribution in [-0.2, 0) is 0 Å². The van der Waals surface area contributed by atoms with Gasteiger partial charge in [-0.25, -0.2) is 0 Å². The van der Waals surface area contributed by atoms with Gasteiger partial charge in [-0.15, -0.1) is 0 Å². The van der Waals surface area contributed by atoms with Crippen molar-refractivity contribution in [2.24, 2.45) is 0 Å². The first kappa shape index (κ1) is 12.0. The SMILES string of the molecule is N=CN(c1ccc(Cl)cc1)c1ccc(Cl)cc1. The van der Waals surface area contributed by atoms with Gasteiger partial charge in [-0.3, -0.25) is 5.41 Å². The van der Waals surface area contributed by atoms with Gasteiger partial charge in [0.05, 0.1) is 6.34 Å². The summed E-state index contributed by atoms with van der Waals surface area (Å²) in [5.74, 6) is 0. The van der Waals surface area contributed by atoms with Gasteiger partial charge in [0.1, 0.15) is 0 Å². The van der Waals surface area contributed by atoms with Crippen molar-refractivity contribution in [1.29, 1.82) is 5.41 Å². The number of anilines is 2. The third kappa shape index (κ3) is 2.78. The van der Waals surface area contributed by atoms with Gasteiger partial charge in [-0.1, -0.05) is 23.2 Å². The minimum absolute atomic E-state index is 0.676. The summed E-state index contributed by atoms with van der Waals surface area (Å²) in [6.07, 6.45) is 1.26. The van der Waals surface area contributed by atoms with E-state index in [1.807, 2.05) is 24.3 Å². The maximum absolute atomic E-state index is 7.48. The lowest BCUT2D eigenvalue weighted by molar-refractivity contribution is 1.34. The van der Waals surface area contributed by atoms with Gasteiger partial charge in [-0.2, -0.15) is 0 Å². The Hall–Kier alpha value is -1.51. The maximum Gasteiger partial charge on any atom is 0.0907 e. The summed E-state index contributed by atoms with van der Waals surface area (Å²) in [5, 5.41) is 8.83. The predicted octanol–water partition coefficient (Wildman–Crippen LogP) is 4.74. The van der Waals surface area contributed by atoms with Crippen LogP contribution in [0, 0.1) is 5.41 Å². The molecule has 0 fully saturated rings. The fraction of sp³-hybridized carbons (Fsp3) is 0. The monoisotopic (exact) mass is 264 g/mol. The molecule has 0 saturated carbocycles. The van der Waals surface area contributed by atoms with E-state index in [0.717, 1.165) is 11.4 Å². The second-order valence-corrected chi connectivity index (χ2v) is 4.32. The predicted molar refractivity (Wildman–Crippen MR) is 73.8 cm³/mol. The average Bonchev–Trinajstić information content (AvgIpc) is 2.35. The zero-order chi connectivity index (χ0) is 12.3. The summed E-state index contributed by atoms with van der Waals surface area (Å²) in [5.41, 5.74) is 1.76. The number of hydrogen-bond acceptors (Lipinski definition) is 1. The molecule has 0 amide bonds. The van der Waals surface area contributed by atoms with Gasteiger partial charge < -0.3 is 4.90 Å². The lowest BCUT2D eigenvalue weighted by Gasteiger charge is -2.19.